The van der Waals surface area contributed by atoms with Gasteiger partial charge < -0.3 is 10.1 Å². The number of hydrogen-bond donors (Lipinski definition) is 4. The highest BCUT2D eigenvalue weighted by molar-refractivity contribution is 8.11. The Labute approximate surface area is 160 Å². The van der Waals surface area contributed by atoms with Crippen LogP contribution >= 0.6 is 24.8 Å². The number of unbranched alkanes of at least 4 members (excludes halogenated alkanes) is 1. The summed E-state index contributed by atoms with van der Waals surface area (Å²) >= 11 is 9.32. The zero-order chi connectivity index (χ0) is 18.2. The summed E-state index contributed by atoms with van der Waals surface area (Å²) in [6.07, 6.45) is 2.00. The van der Waals surface area contributed by atoms with E-state index in [9.17, 15) is 8.42 Å². The smallest absolute Gasteiger partial charge is 0.222 e. The van der Waals surface area contributed by atoms with Gasteiger partial charge in [0.1, 0.15) is 5.75 Å². The minimum absolute atomic E-state index is 0.313. The topological polar surface area (TPSA) is 67.4 Å². The predicted octanol–water partition coefficient (Wildman–Crippen LogP) is 4.23. The molecule has 0 saturated carbocycles. The number of benzene rings is 2. The summed E-state index contributed by atoms with van der Waals surface area (Å²) in [7, 11) is -2.85. The Balaban J connectivity index is 2.50. The third-order valence-electron chi connectivity index (χ3n) is 3.36. The molecule has 0 aliphatic carbocycles. The number of thiol groups is 2. The van der Waals surface area contributed by atoms with Gasteiger partial charge in [-0.1, -0.05) is 43.8 Å². The SMILES string of the molecule is CCCCNc1cc(C(=S)S)cc(N[SH](=O)=O)c1Oc1ccccc1. The third-order valence-corrected chi connectivity index (χ3v) is 4.27. The van der Waals surface area contributed by atoms with Gasteiger partial charge in [0.05, 0.1) is 15.6 Å². The second-order valence-electron chi connectivity index (χ2n) is 5.27. The van der Waals surface area contributed by atoms with E-state index in [1.807, 2.05) is 24.3 Å². The van der Waals surface area contributed by atoms with E-state index in [1.54, 1.807) is 18.2 Å². The number of thiocarbonyl (C=S) groups is 1. The molecule has 2 aromatic rings. The molecule has 2 N–H and O–H groups in total. The van der Waals surface area contributed by atoms with Crippen molar-refractivity contribution in [1.82, 2.24) is 0 Å². The Kier molecular flexibility index (Phi) is 7.54. The highest BCUT2D eigenvalue weighted by atomic mass is 32.2. The molecule has 0 fully saturated rings. The van der Waals surface area contributed by atoms with E-state index in [1.165, 1.54) is 0 Å². The van der Waals surface area contributed by atoms with Crippen molar-refractivity contribution in [2.24, 2.45) is 0 Å². The van der Waals surface area contributed by atoms with Crippen LogP contribution in [0.2, 0.25) is 0 Å². The minimum atomic E-state index is -2.85. The predicted molar refractivity (Wildman–Crippen MR) is 111 cm³/mol. The van der Waals surface area contributed by atoms with Crippen LogP contribution in [0.4, 0.5) is 11.4 Å². The average molecular weight is 397 g/mol. The van der Waals surface area contributed by atoms with Crippen molar-refractivity contribution >= 4 is 51.3 Å². The molecule has 0 radical (unpaired) electrons. The lowest BCUT2D eigenvalue weighted by atomic mass is 10.1. The number of para-hydroxylation sites is 1. The molecule has 0 atom stereocenters. The highest BCUT2D eigenvalue weighted by Crippen LogP contribution is 2.39. The van der Waals surface area contributed by atoms with Crippen LogP contribution in [0, 0.1) is 0 Å². The molecule has 0 aliphatic rings. The fourth-order valence-corrected chi connectivity index (χ4v) is 2.79. The number of hydrogen-bond acceptors (Lipinski definition) is 5. The Morgan fingerprint density at radius 3 is 2.48 bits per heavy atom. The van der Waals surface area contributed by atoms with Gasteiger partial charge in [-0.3, -0.25) is 4.72 Å². The van der Waals surface area contributed by atoms with Crippen molar-refractivity contribution in [3.63, 3.8) is 0 Å². The number of nitrogens with one attached hydrogen (secondary N) is 2. The molecule has 25 heavy (non-hydrogen) atoms. The summed E-state index contributed by atoms with van der Waals surface area (Å²) in [6.45, 7) is 2.82. The molecule has 8 heteroatoms. The van der Waals surface area contributed by atoms with Gasteiger partial charge in [-0.05, 0) is 30.7 Å². The summed E-state index contributed by atoms with van der Waals surface area (Å²) in [6, 6.07) is 12.6. The van der Waals surface area contributed by atoms with E-state index in [0.717, 1.165) is 19.4 Å². The van der Waals surface area contributed by atoms with Gasteiger partial charge in [-0.25, -0.2) is 8.42 Å². The maximum Gasteiger partial charge on any atom is 0.222 e. The van der Waals surface area contributed by atoms with E-state index in [2.05, 4.69) is 29.6 Å². The fourth-order valence-electron chi connectivity index (χ4n) is 2.18. The van der Waals surface area contributed by atoms with Gasteiger partial charge in [0.25, 0.3) is 0 Å². The van der Waals surface area contributed by atoms with Gasteiger partial charge in [0.2, 0.25) is 10.9 Å². The largest absolute Gasteiger partial charge is 0.453 e. The standard InChI is InChI=1S/C17H20N2O3S3/c1-2-3-9-18-14-10-12(17(23)24)11-15(19-25(20)21)16(14)22-13-7-5-4-6-8-13/h4-8,10-11,18,25H,2-3,9H2,1H3,(H,23,24)(H,19,20,21). The molecule has 0 amide bonds. The maximum absolute atomic E-state index is 11.2. The molecular formula is C17H20N2O3S3. The van der Waals surface area contributed by atoms with Crippen LogP contribution in [-0.2, 0) is 10.9 Å². The van der Waals surface area contributed by atoms with E-state index < -0.39 is 10.9 Å². The quantitative estimate of drug-likeness (QED) is 0.290. The fraction of sp³-hybridized carbons (Fsp3) is 0.235. The molecule has 0 unspecified atom stereocenters. The first-order chi connectivity index (χ1) is 12.0. The van der Waals surface area contributed by atoms with Gasteiger partial charge in [0.15, 0.2) is 5.75 Å². The second-order valence-corrected chi connectivity index (χ2v) is 7.17. The molecule has 5 nitrogen and oxygen atoms in total. The zero-order valence-corrected chi connectivity index (χ0v) is 16.3. The molecule has 0 saturated heterocycles. The van der Waals surface area contributed by atoms with Crippen molar-refractivity contribution in [3.05, 3.63) is 48.0 Å². The lowest BCUT2D eigenvalue weighted by molar-refractivity contribution is 0.486. The van der Waals surface area contributed by atoms with Gasteiger partial charge in [0, 0.05) is 12.1 Å². The second kappa shape index (κ2) is 9.65. The van der Waals surface area contributed by atoms with Crippen LogP contribution in [0.3, 0.4) is 0 Å². The minimum Gasteiger partial charge on any atom is -0.453 e. The molecule has 0 aromatic heterocycles. The Morgan fingerprint density at radius 1 is 1.20 bits per heavy atom. The summed E-state index contributed by atoms with van der Waals surface area (Å²) < 4.78 is 31.2. The average Bonchev–Trinajstić information content (AvgIpc) is 2.57. The van der Waals surface area contributed by atoms with E-state index in [-0.39, 0.29) is 0 Å². The molecule has 134 valence electrons. The summed E-state index contributed by atoms with van der Waals surface area (Å²) in [5.74, 6) is 1.00. The van der Waals surface area contributed by atoms with Gasteiger partial charge in [-0.15, -0.1) is 12.6 Å². The van der Waals surface area contributed by atoms with Crippen molar-refractivity contribution in [2.45, 2.75) is 19.8 Å². The summed E-state index contributed by atoms with van der Waals surface area (Å²) in [5.41, 5.74) is 1.61. The molecule has 0 spiro atoms. The number of rotatable bonds is 9. The highest BCUT2D eigenvalue weighted by Gasteiger charge is 2.15. The van der Waals surface area contributed by atoms with Crippen molar-refractivity contribution in [1.29, 1.82) is 0 Å². The molecule has 0 bridgehead atoms. The molecule has 0 heterocycles. The summed E-state index contributed by atoms with van der Waals surface area (Å²) in [4.78, 5) is 0. The third kappa shape index (κ3) is 5.91. The van der Waals surface area contributed by atoms with E-state index in [4.69, 9.17) is 17.0 Å². The first-order valence-corrected chi connectivity index (χ1v) is 9.83. The van der Waals surface area contributed by atoms with Crippen LogP contribution in [0.5, 0.6) is 11.5 Å². The first-order valence-electron chi connectivity index (χ1n) is 7.80. The normalized spacial score (nSPS) is 10.5. The van der Waals surface area contributed by atoms with E-state index in [0.29, 0.717) is 32.6 Å². The monoisotopic (exact) mass is 396 g/mol. The molecule has 2 aromatic carbocycles. The molecule has 0 aliphatic heterocycles. The van der Waals surface area contributed by atoms with Crippen molar-refractivity contribution in [2.75, 3.05) is 16.6 Å². The lowest BCUT2D eigenvalue weighted by Gasteiger charge is -2.18. The van der Waals surface area contributed by atoms with Crippen molar-refractivity contribution < 1.29 is 13.2 Å². The molecule has 2 rings (SSSR count). The van der Waals surface area contributed by atoms with Crippen LogP contribution < -0.4 is 14.8 Å². The van der Waals surface area contributed by atoms with Crippen LogP contribution in [0.25, 0.3) is 0 Å². The van der Waals surface area contributed by atoms with Crippen LogP contribution in [-0.4, -0.2) is 19.2 Å². The Bertz CT molecular complexity index is 800. The Morgan fingerprint density at radius 2 is 1.88 bits per heavy atom. The van der Waals surface area contributed by atoms with Crippen molar-refractivity contribution in [3.8, 4) is 11.5 Å². The summed E-state index contributed by atoms with van der Waals surface area (Å²) in [5, 5.41) is 3.29. The zero-order valence-electron chi connectivity index (χ0n) is 13.7. The van der Waals surface area contributed by atoms with Gasteiger partial charge >= 0.3 is 0 Å². The van der Waals surface area contributed by atoms with Gasteiger partial charge in [-0.2, -0.15) is 0 Å². The number of anilines is 2. The first kappa shape index (κ1) is 19.6. The number of ether oxygens (including phenoxy) is 1. The Hall–Kier alpha value is -1.77. The van der Waals surface area contributed by atoms with E-state index >= 15 is 0 Å². The lowest BCUT2D eigenvalue weighted by Crippen LogP contribution is -2.07. The van der Waals surface area contributed by atoms with Crippen LogP contribution in [0.1, 0.15) is 25.3 Å². The molecular weight excluding hydrogens is 376 g/mol. The van der Waals surface area contributed by atoms with Crippen LogP contribution in [0.15, 0.2) is 42.5 Å². The maximum atomic E-state index is 11.2.